The number of esters is 1. The molecule has 2 amide bonds. The lowest BCUT2D eigenvalue weighted by atomic mass is 10.0. The van der Waals surface area contributed by atoms with E-state index in [1.54, 1.807) is 0 Å². The number of rotatable bonds is 43. The molecule has 4 N–H and O–H groups in total. The second kappa shape index (κ2) is 42.2. The van der Waals surface area contributed by atoms with E-state index in [9.17, 15) is 19.2 Å². The highest BCUT2D eigenvalue weighted by molar-refractivity contribution is 5.87. The lowest BCUT2D eigenvalue weighted by Gasteiger charge is -2.18. The number of nitrogens with one attached hydrogen (secondary N) is 2. The van der Waals surface area contributed by atoms with Crippen LogP contribution in [0.4, 0.5) is 0 Å². The molecule has 0 fully saturated rings. The second-order valence-corrected chi connectivity index (χ2v) is 16.2. The van der Waals surface area contributed by atoms with Crippen molar-refractivity contribution in [2.75, 3.05) is 13.2 Å². The van der Waals surface area contributed by atoms with Gasteiger partial charge in [-0.05, 0) is 64.2 Å². The van der Waals surface area contributed by atoms with E-state index < -0.39 is 24.5 Å². The first-order valence-corrected chi connectivity index (χ1v) is 23.6. The molecule has 0 aromatic carbocycles. The molecule has 2 unspecified atom stereocenters. The van der Waals surface area contributed by atoms with Crippen LogP contribution in [0, 0.1) is 0 Å². The Hall–Kier alpha value is -2.42. The van der Waals surface area contributed by atoms with Crippen molar-refractivity contribution < 1.29 is 34.1 Å². The molecule has 0 saturated heterocycles. The number of amides is 2. The van der Waals surface area contributed by atoms with Gasteiger partial charge in [0.15, 0.2) is 0 Å². The van der Waals surface area contributed by atoms with Gasteiger partial charge in [0.1, 0.15) is 12.1 Å². The van der Waals surface area contributed by atoms with Crippen molar-refractivity contribution in [2.24, 2.45) is 0 Å². The van der Waals surface area contributed by atoms with Gasteiger partial charge in [-0.3, -0.25) is 14.4 Å². The van der Waals surface area contributed by atoms with Crippen LogP contribution in [-0.4, -0.2) is 59.3 Å². The molecule has 0 aromatic rings. The van der Waals surface area contributed by atoms with Crippen LogP contribution in [0.5, 0.6) is 0 Å². The number of ether oxygens (including phenoxy) is 1. The Bertz CT molecular complexity index is 957. The highest BCUT2D eigenvalue weighted by atomic mass is 16.5. The summed E-state index contributed by atoms with van der Waals surface area (Å²) in [5, 5.41) is 22.6. The number of allylic oxidation sites excluding steroid dienone is 2. The average molecular weight is 793 g/mol. The molecule has 0 bridgehead atoms. The Morgan fingerprint density at radius 2 is 0.911 bits per heavy atom. The van der Waals surface area contributed by atoms with Gasteiger partial charge in [0.2, 0.25) is 11.8 Å². The highest BCUT2D eigenvalue weighted by Gasteiger charge is 2.19. The van der Waals surface area contributed by atoms with Crippen LogP contribution in [0.3, 0.4) is 0 Å². The third kappa shape index (κ3) is 38.5. The summed E-state index contributed by atoms with van der Waals surface area (Å²) in [6.07, 6.45) is 45.3. The van der Waals surface area contributed by atoms with Crippen molar-refractivity contribution in [3.05, 3.63) is 12.2 Å². The Kier molecular flexibility index (Phi) is 40.4. The van der Waals surface area contributed by atoms with Gasteiger partial charge in [-0.25, -0.2) is 4.79 Å². The predicted octanol–water partition coefficient (Wildman–Crippen LogP) is 11.8. The number of hydrogen-bond acceptors (Lipinski definition) is 6. The van der Waals surface area contributed by atoms with Gasteiger partial charge in [-0.2, -0.15) is 0 Å². The Morgan fingerprint density at radius 1 is 0.518 bits per heavy atom. The standard InChI is InChI=1S/C47H88N2O7/c1-3-5-7-9-11-13-15-16-17-18-19-20-21-22-24-26-31-35-39-46(53)56-42(36-32-28-25-23-14-12-10-8-6-4-2)37-33-29-27-30-34-38-44(51)48-40-45(52)49-43(41-50)47(54)55/h17-18,42-43,50H,3-16,19-41H2,1-2H3,(H,48,51)(H,49,52)(H,54,55)/b18-17-. The second-order valence-electron chi connectivity index (χ2n) is 16.2. The molecule has 2 atom stereocenters. The van der Waals surface area contributed by atoms with Crippen molar-refractivity contribution in [1.82, 2.24) is 10.6 Å². The topological polar surface area (TPSA) is 142 Å². The quantitative estimate of drug-likeness (QED) is 0.0273. The van der Waals surface area contributed by atoms with E-state index in [4.69, 9.17) is 14.9 Å². The molecule has 0 saturated carbocycles. The lowest BCUT2D eigenvalue weighted by Crippen LogP contribution is -2.47. The minimum Gasteiger partial charge on any atom is -0.480 e. The van der Waals surface area contributed by atoms with Gasteiger partial charge in [-0.1, -0.05) is 174 Å². The van der Waals surface area contributed by atoms with Gasteiger partial charge in [-0.15, -0.1) is 0 Å². The van der Waals surface area contributed by atoms with E-state index >= 15 is 0 Å². The molecule has 0 aliphatic heterocycles. The first kappa shape index (κ1) is 53.6. The zero-order valence-corrected chi connectivity index (χ0v) is 36.4. The summed E-state index contributed by atoms with van der Waals surface area (Å²) in [7, 11) is 0. The summed E-state index contributed by atoms with van der Waals surface area (Å²) in [4.78, 5) is 47.6. The summed E-state index contributed by atoms with van der Waals surface area (Å²) < 4.78 is 6.04. The van der Waals surface area contributed by atoms with Crippen LogP contribution in [-0.2, 0) is 23.9 Å². The molecule has 0 aliphatic rings. The van der Waals surface area contributed by atoms with Crippen LogP contribution >= 0.6 is 0 Å². The summed E-state index contributed by atoms with van der Waals surface area (Å²) in [6.45, 7) is 3.50. The van der Waals surface area contributed by atoms with Crippen molar-refractivity contribution >= 4 is 23.8 Å². The van der Waals surface area contributed by atoms with E-state index in [2.05, 4.69) is 36.6 Å². The summed E-state index contributed by atoms with van der Waals surface area (Å²) in [5.41, 5.74) is 0. The number of aliphatic hydroxyl groups excluding tert-OH is 1. The monoisotopic (exact) mass is 793 g/mol. The third-order valence-corrected chi connectivity index (χ3v) is 10.8. The smallest absolute Gasteiger partial charge is 0.328 e. The maximum Gasteiger partial charge on any atom is 0.328 e. The Balaban J connectivity index is 4.21. The Labute approximate surface area is 343 Å². The number of carboxylic acids is 1. The van der Waals surface area contributed by atoms with Crippen molar-refractivity contribution in [2.45, 2.75) is 251 Å². The molecule has 0 rings (SSSR count). The van der Waals surface area contributed by atoms with Crippen molar-refractivity contribution in [3.63, 3.8) is 0 Å². The number of aliphatic carboxylic acids is 1. The first-order valence-electron chi connectivity index (χ1n) is 23.6. The zero-order valence-electron chi connectivity index (χ0n) is 36.4. The molecule has 56 heavy (non-hydrogen) atoms. The number of carboxylic acid groups (broad SMARTS) is 1. The van der Waals surface area contributed by atoms with E-state index in [1.165, 1.54) is 148 Å². The van der Waals surface area contributed by atoms with Gasteiger partial charge in [0.05, 0.1) is 13.2 Å². The fourth-order valence-corrected chi connectivity index (χ4v) is 7.12. The number of carbonyl (C=O) groups is 4. The highest BCUT2D eigenvalue weighted by Crippen LogP contribution is 2.19. The van der Waals surface area contributed by atoms with Gasteiger partial charge >= 0.3 is 11.9 Å². The van der Waals surface area contributed by atoms with Crippen LogP contribution in [0.2, 0.25) is 0 Å². The number of unbranched alkanes of at least 4 members (excludes halogenated alkanes) is 27. The molecular weight excluding hydrogens is 705 g/mol. The largest absolute Gasteiger partial charge is 0.480 e. The van der Waals surface area contributed by atoms with E-state index in [-0.39, 0.29) is 24.5 Å². The third-order valence-electron chi connectivity index (χ3n) is 10.8. The van der Waals surface area contributed by atoms with Crippen LogP contribution in [0.15, 0.2) is 12.2 Å². The van der Waals surface area contributed by atoms with Crippen molar-refractivity contribution in [1.29, 1.82) is 0 Å². The molecule has 9 nitrogen and oxygen atoms in total. The molecule has 328 valence electrons. The summed E-state index contributed by atoms with van der Waals surface area (Å²) in [5.74, 6) is -2.28. The van der Waals surface area contributed by atoms with Gasteiger partial charge in [0, 0.05) is 12.8 Å². The molecule has 9 heteroatoms. The first-order chi connectivity index (χ1) is 27.3. The maximum absolute atomic E-state index is 12.8. The molecule has 0 aliphatic carbocycles. The molecule has 0 spiro atoms. The predicted molar refractivity (Wildman–Crippen MR) is 232 cm³/mol. The number of hydrogen-bond donors (Lipinski definition) is 4. The minimum atomic E-state index is -1.38. The molecule has 0 radical (unpaired) electrons. The number of aliphatic hydroxyl groups is 1. The van der Waals surface area contributed by atoms with Crippen LogP contribution < -0.4 is 10.6 Å². The molecular formula is C47H88N2O7. The van der Waals surface area contributed by atoms with Crippen LogP contribution in [0.25, 0.3) is 0 Å². The summed E-state index contributed by atoms with van der Waals surface area (Å²) >= 11 is 0. The van der Waals surface area contributed by atoms with E-state index in [1.807, 2.05) is 0 Å². The fourth-order valence-electron chi connectivity index (χ4n) is 7.12. The normalized spacial score (nSPS) is 12.5. The zero-order chi connectivity index (χ0) is 41.2. The minimum absolute atomic E-state index is 0.00961. The SMILES string of the molecule is CCCCCCCCC/C=C\CCCCCCCCCC(=O)OC(CCCCCCCCCCCC)CCCCCCCC(=O)NCC(=O)NC(CO)C(=O)O. The fraction of sp³-hybridized carbons (Fsp3) is 0.872. The summed E-state index contributed by atoms with van der Waals surface area (Å²) in [6, 6.07) is -1.38. The maximum atomic E-state index is 12.8. The van der Waals surface area contributed by atoms with Crippen molar-refractivity contribution in [3.8, 4) is 0 Å². The number of carbonyl (C=O) groups excluding carboxylic acids is 3. The van der Waals surface area contributed by atoms with E-state index in [0.717, 1.165) is 57.8 Å². The molecule has 0 heterocycles. The Morgan fingerprint density at radius 3 is 1.34 bits per heavy atom. The molecule has 0 aromatic heterocycles. The average Bonchev–Trinajstić information content (AvgIpc) is 3.18. The van der Waals surface area contributed by atoms with Crippen LogP contribution in [0.1, 0.15) is 239 Å². The van der Waals surface area contributed by atoms with Gasteiger partial charge < -0.3 is 25.6 Å². The lowest BCUT2D eigenvalue weighted by molar-refractivity contribution is -0.150. The van der Waals surface area contributed by atoms with E-state index in [0.29, 0.717) is 19.3 Å². The van der Waals surface area contributed by atoms with Gasteiger partial charge in [0.25, 0.3) is 0 Å².